The summed E-state index contributed by atoms with van der Waals surface area (Å²) in [6.07, 6.45) is 2.62. The van der Waals surface area contributed by atoms with Crippen LogP contribution >= 0.6 is 0 Å². The van der Waals surface area contributed by atoms with Gasteiger partial charge in [0, 0.05) is 5.57 Å². The van der Waals surface area contributed by atoms with Gasteiger partial charge in [-0.3, -0.25) is 5.21 Å². The molecule has 76 valence electrons. The highest BCUT2D eigenvalue weighted by Gasteiger charge is 2.20. The summed E-state index contributed by atoms with van der Waals surface area (Å²) < 4.78 is 0. The molecule has 1 saturated carbocycles. The third kappa shape index (κ3) is 2.87. The molecule has 0 heterocycles. The summed E-state index contributed by atoms with van der Waals surface area (Å²) in [5.41, 5.74) is 0.836. The summed E-state index contributed by atoms with van der Waals surface area (Å²) in [5.74, 6) is 0.432. The van der Waals surface area contributed by atoms with Crippen molar-refractivity contribution in [3.8, 4) is 0 Å². The average Bonchev–Trinajstić information content (AvgIpc) is 2.47. The quantitative estimate of drug-likeness (QED) is 0.398. The Bertz CT molecular complexity index is 202. The summed E-state index contributed by atoms with van der Waals surface area (Å²) in [6, 6.07) is 0. The minimum Gasteiger partial charge on any atom is -0.661 e. The minimum atomic E-state index is -0.116. The van der Waals surface area contributed by atoms with Gasteiger partial charge in [0.1, 0.15) is 0 Å². The molecule has 13 heavy (non-hydrogen) atoms. The highest BCUT2D eigenvalue weighted by molar-refractivity contribution is 5.08. The summed E-state index contributed by atoms with van der Waals surface area (Å²) in [7, 11) is 1.28. The molecule has 0 aliphatic heterocycles. The molecule has 0 aromatic heterocycles. The van der Waals surface area contributed by atoms with E-state index in [0.717, 1.165) is 24.8 Å². The zero-order valence-electron chi connectivity index (χ0n) is 7.82. The van der Waals surface area contributed by atoms with Crippen LogP contribution in [0.3, 0.4) is 0 Å². The maximum absolute atomic E-state index is 10.2. The Labute approximate surface area is 77.0 Å². The predicted molar refractivity (Wildman–Crippen MR) is 41.8 cm³/mol. The van der Waals surface area contributed by atoms with Gasteiger partial charge < -0.3 is 15.0 Å². The first-order valence-corrected chi connectivity index (χ1v) is 4.26. The Hall–Kier alpha value is -0.780. The molecule has 1 fully saturated rings. The molecule has 1 rings (SSSR count). The second kappa shape index (κ2) is 4.45. The van der Waals surface area contributed by atoms with Gasteiger partial charge in [0.25, 0.3) is 5.95 Å². The fraction of sp³-hybridized carbons (Fsp3) is 0.750. The number of hydrogen-bond donors (Lipinski definition) is 1. The second-order valence-corrected chi connectivity index (χ2v) is 3.38. The van der Waals surface area contributed by atoms with E-state index in [0.29, 0.717) is 11.1 Å². The topological polar surface area (TPSA) is 65.0 Å². The van der Waals surface area contributed by atoms with E-state index in [2.05, 4.69) is 16.6 Å². The minimum absolute atomic E-state index is 0.116. The van der Waals surface area contributed by atoms with Gasteiger partial charge in [0.15, 0.2) is 0 Å². The lowest BCUT2D eigenvalue weighted by molar-refractivity contribution is -0.686. The monoisotopic (exact) mass is 188 g/mol. The van der Waals surface area contributed by atoms with Gasteiger partial charge in [-0.15, -0.1) is 0 Å². The average molecular weight is 188 g/mol. The molecule has 1 N–H and O–H groups in total. The van der Waals surface area contributed by atoms with Gasteiger partial charge in [-0.1, -0.05) is 6.92 Å². The van der Waals surface area contributed by atoms with Crippen LogP contribution in [0.15, 0.2) is 11.5 Å². The molecule has 5 heteroatoms. The Morgan fingerprint density at radius 3 is 2.77 bits per heavy atom. The molecular formula is C8H14NO4-. The van der Waals surface area contributed by atoms with Gasteiger partial charge in [-0.25, -0.2) is 0 Å². The molecule has 1 unspecified atom stereocenters. The normalized spacial score (nSPS) is 26.4. The zero-order valence-corrected chi connectivity index (χ0v) is 7.82. The maximum atomic E-state index is 10.2. The van der Waals surface area contributed by atoms with Crippen molar-refractivity contribution in [2.75, 3.05) is 7.05 Å². The van der Waals surface area contributed by atoms with E-state index in [1.807, 2.05) is 0 Å². The van der Waals surface area contributed by atoms with Crippen molar-refractivity contribution >= 4 is 0 Å². The van der Waals surface area contributed by atoms with E-state index >= 15 is 0 Å². The zero-order chi connectivity index (χ0) is 9.84. The highest BCUT2D eigenvalue weighted by atomic mass is 17.2. The van der Waals surface area contributed by atoms with Crippen LogP contribution in [0, 0.1) is 5.92 Å². The molecule has 1 aliphatic carbocycles. The molecule has 0 aromatic rings. The second-order valence-electron chi connectivity index (χ2n) is 3.38. The van der Waals surface area contributed by atoms with Gasteiger partial charge in [0.2, 0.25) is 0 Å². The molecule has 0 bridgehead atoms. The molecule has 0 saturated heterocycles. The van der Waals surface area contributed by atoms with Crippen LogP contribution in [0.25, 0.3) is 0 Å². The van der Waals surface area contributed by atoms with Crippen molar-refractivity contribution < 1.29 is 20.2 Å². The Balaban J connectivity index is 2.62. The lowest BCUT2D eigenvalue weighted by Gasteiger charge is -2.18. The molecule has 1 aliphatic rings. The Morgan fingerprint density at radius 1 is 1.69 bits per heavy atom. The largest absolute Gasteiger partial charge is 0.661 e. The highest BCUT2D eigenvalue weighted by Crippen LogP contribution is 2.32. The molecule has 5 nitrogen and oxygen atoms in total. The van der Waals surface area contributed by atoms with Gasteiger partial charge in [-0.05, 0) is 30.4 Å². The third-order valence-electron chi connectivity index (χ3n) is 2.11. The number of allylic oxidation sites excluding steroid dienone is 1. The Morgan fingerprint density at radius 2 is 2.38 bits per heavy atom. The van der Waals surface area contributed by atoms with Crippen molar-refractivity contribution in [3.63, 3.8) is 0 Å². The predicted octanol–water partition coefficient (Wildman–Crippen LogP) is 0.562. The molecule has 0 radical (unpaired) electrons. The van der Waals surface area contributed by atoms with Crippen molar-refractivity contribution in [3.05, 3.63) is 11.5 Å². The molecule has 0 spiro atoms. The van der Waals surface area contributed by atoms with Crippen LogP contribution in [0.5, 0.6) is 0 Å². The smallest absolute Gasteiger partial charge is 0.296 e. The van der Waals surface area contributed by atoms with Crippen LogP contribution in [-0.4, -0.2) is 17.5 Å². The fourth-order valence-electron chi connectivity index (χ4n) is 1.49. The van der Waals surface area contributed by atoms with Crippen LogP contribution in [-0.2, 0) is 9.73 Å². The first-order chi connectivity index (χ1) is 6.13. The summed E-state index contributed by atoms with van der Waals surface area (Å²) in [5, 5.41) is 19.4. The Kier molecular flexibility index (Phi) is 3.53. The summed E-state index contributed by atoms with van der Waals surface area (Å²) in [6.45, 7) is 2.10. The molecule has 1 atom stereocenters. The maximum Gasteiger partial charge on any atom is 0.296 e. The number of nitrogens with zero attached hydrogens (tertiary/aromatic N) is 1. The van der Waals surface area contributed by atoms with Crippen LogP contribution in [0.4, 0.5) is 0 Å². The van der Waals surface area contributed by atoms with E-state index in [-0.39, 0.29) is 5.95 Å². The van der Waals surface area contributed by atoms with E-state index < -0.39 is 0 Å². The van der Waals surface area contributed by atoms with Gasteiger partial charge >= 0.3 is 0 Å². The van der Waals surface area contributed by atoms with Crippen LogP contribution in [0.1, 0.15) is 26.2 Å². The van der Waals surface area contributed by atoms with Gasteiger partial charge in [0.05, 0.1) is 7.05 Å². The van der Waals surface area contributed by atoms with Crippen LogP contribution < -0.4 is 5.26 Å². The van der Waals surface area contributed by atoms with Crippen molar-refractivity contribution in [1.82, 2.24) is 5.23 Å². The molecule has 0 amide bonds. The number of hydroxylamine groups is 2. The lowest BCUT2D eigenvalue weighted by atomic mass is 10.1. The fourth-order valence-corrected chi connectivity index (χ4v) is 1.49. The van der Waals surface area contributed by atoms with Crippen molar-refractivity contribution in [2.24, 2.45) is 5.92 Å². The van der Waals surface area contributed by atoms with E-state index in [1.54, 1.807) is 0 Å². The third-order valence-corrected chi connectivity index (χ3v) is 2.11. The lowest BCUT2D eigenvalue weighted by Crippen LogP contribution is -2.19. The first-order valence-electron chi connectivity index (χ1n) is 4.26. The van der Waals surface area contributed by atoms with Crippen LogP contribution in [0.2, 0.25) is 0 Å². The standard InChI is InChI=1S/C8H15NO4/c1-6-3-4-7(5-6)8(13-11)12-9(2)10/h6,10-11H,3-5H2,1-2H3/p-1/b8-7+. The molecular weight excluding hydrogens is 174 g/mol. The first kappa shape index (κ1) is 10.3. The van der Waals surface area contributed by atoms with E-state index in [1.165, 1.54) is 7.05 Å². The summed E-state index contributed by atoms with van der Waals surface area (Å²) >= 11 is 0. The van der Waals surface area contributed by atoms with E-state index in [9.17, 15) is 5.26 Å². The number of hydrogen-bond acceptors (Lipinski definition) is 5. The van der Waals surface area contributed by atoms with Crippen molar-refractivity contribution in [1.29, 1.82) is 0 Å². The van der Waals surface area contributed by atoms with Gasteiger partial charge in [-0.2, -0.15) is 0 Å². The van der Waals surface area contributed by atoms with Crippen molar-refractivity contribution in [2.45, 2.75) is 26.2 Å². The SMILES string of the molecule is CC1CC/C(=C(\O[O-])ON(C)O)C1. The molecule has 0 aromatic carbocycles. The number of rotatable bonds is 3. The van der Waals surface area contributed by atoms with E-state index in [4.69, 9.17) is 5.21 Å². The summed E-state index contributed by atoms with van der Waals surface area (Å²) in [4.78, 5) is 8.46.